The van der Waals surface area contributed by atoms with Crippen molar-refractivity contribution in [1.29, 1.82) is 0 Å². The molecule has 34 heavy (non-hydrogen) atoms. The maximum Gasteiger partial charge on any atom is 0.233 e. The zero-order valence-corrected chi connectivity index (χ0v) is 20.2. The monoisotopic (exact) mass is 471 g/mol. The number of allylic oxidation sites excluding steroid dienone is 1. The molecule has 7 heteroatoms. The summed E-state index contributed by atoms with van der Waals surface area (Å²) in [6, 6.07) is 4.39. The van der Waals surface area contributed by atoms with Gasteiger partial charge in [-0.3, -0.25) is 14.5 Å². The van der Waals surface area contributed by atoms with Crippen molar-refractivity contribution >= 4 is 17.9 Å². The van der Waals surface area contributed by atoms with Crippen molar-refractivity contribution in [2.24, 2.45) is 17.8 Å². The fourth-order valence-electron chi connectivity index (χ4n) is 5.81. The lowest BCUT2D eigenvalue weighted by molar-refractivity contribution is -0.140. The van der Waals surface area contributed by atoms with Crippen LogP contribution in [0.5, 0.6) is 5.75 Å². The predicted molar refractivity (Wildman–Crippen MR) is 126 cm³/mol. The van der Waals surface area contributed by atoms with Gasteiger partial charge in [0.1, 0.15) is 0 Å². The molecule has 1 aromatic carbocycles. The molecule has 0 aromatic heterocycles. The summed E-state index contributed by atoms with van der Waals surface area (Å²) in [5, 5.41) is 9.43. The molecule has 0 saturated carbocycles. The van der Waals surface area contributed by atoms with Gasteiger partial charge in [0.15, 0.2) is 11.6 Å². The van der Waals surface area contributed by atoms with Crippen molar-refractivity contribution < 1.29 is 28.6 Å². The number of hydrogen-bond acceptors (Lipinski definition) is 5. The first-order valence-electron chi connectivity index (χ1n) is 12.2. The van der Waals surface area contributed by atoms with Crippen LogP contribution in [0.3, 0.4) is 0 Å². The molecule has 2 heterocycles. The summed E-state index contributed by atoms with van der Waals surface area (Å²) in [5.41, 5.74) is 4.11. The first-order valence-corrected chi connectivity index (χ1v) is 12.2. The standard InChI is InChI=1S/C27H34FNO5/c1-4-10-29-26(31)19-13-18(14-33-3)24-20(25(19)27(29)32)15-34-23(24)9-7-16(5-2)11-17-6-8-22(30)21(28)12-17/h6,8,11-12,19-20,23,25,30H,4-5,7,9-10,13-15H2,1-3H3/b16-11+/t19-,20+,23-,25-/m1/s1. The largest absolute Gasteiger partial charge is 0.505 e. The molecule has 4 atom stereocenters. The molecule has 2 amide bonds. The Balaban J connectivity index is 1.54. The maximum atomic E-state index is 13.7. The van der Waals surface area contributed by atoms with Crippen LogP contribution >= 0.6 is 0 Å². The van der Waals surface area contributed by atoms with Gasteiger partial charge in [0.2, 0.25) is 11.8 Å². The first-order chi connectivity index (χ1) is 16.4. The molecule has 184 valence electrons. The van der Waals surface area contributed by atoms with E-state index in [4.69, 9.17) is 9.47 Å². The number of carbonyl (C=O) groups is 2. The number of halogens is 1. The van der Waals surface area contributed by atoms with Crippen LogP contribution in [-0.4, -0.2) is 54.8 Å². The number of nitrogens with zero attached hydrogens (tertiary/aromatic N) is 1. The third-order valence-corrected chi connectivity index (χ3v) is 7.39. The second-order valence-corrected chi connectivity index (χ2v) is 9.49. The van der Waals surface area contributed by atoms with Crippen LogP contribution in [0.1, 0.15) is 51.5 Å². The van der Waals surface area contributed by atoms with Gasteiger partial charge in [0.05, 0.1) is 31.2 Å². The summed E-state index contributed by atoms with van der Waals surface area (Å²) in [5.74, 6) is -1.81. The second-order valence-electron chi connectivity index (χ2n) is 9.49. The molecular formula is C27H34FNO5. The SMILES string of the molecule is CCCN1C(=O)[C@@H]2[C@@H](CC(COC)=C3[C@@H](CC/C(=C/c4ccc(O)c(F)c4)CC)OC[C@@H]32)C1=O. The molecule has 0 radical (unpaired) electrons. The minimum absolute atomic E-state index is 0.0507. The zero-order chi connectivity index (χ0) is 24.4. The normalized spacial score (nSPS) is 26.9. The van der Waals surface area contributed by atoms with Crippen molar-refractivity contribution in [3.05, 3.63) is 46.3 Å². The lowest BCUT2D eigenvalue weighted by Gasteiger charge is -2.31. The Morgan fingerprint density at radius 3 is 2.74 bits per heavy atom. The number of imide groups is 1. The lowest BCUT2D eigenvalue weighted by atomic mass is 9.69. The van der Waals surface area contributed by atoms with E-state index in [0.717, 1.165) is 42.4 Å². The van der Waals surface area contributed by atoms with Crippen LogP contribution in [0.15, 0.2) is 34.9 Å². The number of amides is 2. The van der Waals surface area contributed by atoms with E-state index in [-0.39, 0.29) is 41.4 Å². The van der Waals surface area contributed by atoms with E-state index in [1.165, 1.54) is 17.0 Å². The number of phenolic OH excluding ortho intramolecular Hbond substituents is 1. The van der Waals surface area contributed by atoms with Gasteiger partial charge < -0.3 is 14.6 Å². The van der Waals surface area contributed by atoms with Gasteiger partial charge in [-0.2, -0.15) is 0 Å². The van der Waals surface area contributed by atoms with Gasteiger partial charge in [-0.15, -0.1) is 0 Å². The van der Waals surface area contributed by atoms with Crippen LogP contribution < -0.4 is 0 Å². The number of benzene rings is 1. The maximum absolute atomic E-state index is 13.7. The van der Waals surface area contributed by atoms with Crippen molar-refractivity contribution in [1.82, 2.24) is 4.90 Å². The van der Waals surface area contributed by atoms with Gasteiger partial charge in [-0.1, -0.05) is 31.6 Å². The number of methoxy groups -OCH3 is 1. The fraction of sp³-hybridized carbons (Fsp3) is 0.556. The highest BCUT2D eigenvalue weighted by Gasteiger charge is 2.56. The van der Waals surface area contributed by atoms with E-state index in [9.17, 15) is 19.1 Å². The molecule has 2 aliphatic heterocycles. The van der Waals surface area contributed by atoms with Crippen molar-refractivity contribution in [3.63, 3.8) is 0 Å². The summed E-state index contributed by atoms with van der Waals surface area (Å²) in [7, 11) is 1.65. The topological polar surface area (TPSA) is 76.1 Å². The molecule has 0 spiro atoms. The fourth-order valence-corrected chi connectivity index (χ4v) is 5.81. The number of rotatable bonds is 9. The van der Waals surface area contributed by atoms with Crippen LogP contribution in [-0.2, 0) is 19.1 Å². The van der Waals surface area contributed by atoms with Crippen LogP contribution in [0, 0.1) is 23.6 Å². The van der Waals surface area contributed by atoms with E-state index in [0.29, 0.717) is 31.7 Å². The molecule has 0 bridgehead atoms. The van der Waals surface area contributed by atoms with E-state index >= 15 is 0 Å². The molecular weight excluding hydrogens is 437 g/mol. The summed E-state index contributed by atoms with van der Waals surface area (Å²) >= 11 is 0. The van der Waals surface area contributed by atoms with E-state index < -0.39 is 5.82 Å². The van der Waals surface area contributed by atoms with Crippen LogP contribution in [0.25, 0.3) is 6.08 Å². The molecule has 0 unspecified atom stereocenters. The Kier molecular flexibility index (Phi) is 7.53. The molecule has 3 aliphatic rings. The minimum atomic E-state index is -0.634. The summed E-state index contributed by atoms with van der Waals surface area (Å²) in [6.07, 6.45) is 5.47. The summed E-state index contributed by atoms with van der Waals surface area (Å²) in [4.78, 5) is 27.6. The van der Waals surface area contributed by atoms with E-state index in [2.05, 4.69) is 6.92 Å². The Morgan fingerprint density at radius 2 is 2.06 bits per heavy atom. The molecule has 2 fully saturated rings. The number of phenols is 1. The number of carbonyl (C=O) groups excluding carboxylic acids is 2. The number of ether oxygens (including phenoxy) is 2. The third kappa shape index (κ3) is 4.56. The molecule has 4 rings (SSSR count). The average molecular weight is 472 g/mol. The number of hydrogen-bond donors (Lipinski definition) is 1. The Hall–Kier alpha value is -2.51. The van der Waals surface area contributed by atoms with Gasteiger partial charge in [0, 0.05) is 19.6 Å². The quantitative estimate of drug-likeness (QED) is 0.425. The molecule has 1 N–H and O–H groups in total. The van der Waals surface area contributed by atoms with Gasteiger partial charge in [-0.25, -0.2) is 4.39 Å². The Labute approximate surface area is 200 Å². The Bertz CT molecular complexity index is 1020. The third-order valence-electron chi connectivity index (χ3n) is 7.39. The van der Waals surface area contributed by atoms with Crippen molar-refractivity contribution in [2.45, 2.75) is 52.1 Å². The number of aromatic hydroxyl groups is 1. The van der Waals surface area contributed by atoms with Crippen LogP contribution in [0.4, 0.5) is 4.39 Å². The van der Waals surface area contributed by atoms with Gasteiger partial charge >= 0.3 is 0 Å². The second kappa shape index (κ2) is 10.4. The highest BCUT2D eigenvalue weighted by Crippen LogP contribution is 2.49. The minimum Gasteiger partial charge on any atom is -0.505 e. The highest BCUT2D eigenvalue weighted by molar-refractivity contribution is 6.05. The van der Waals surface area contributed by atoms with E-state index in [1.54, 1.807) is 13.2 Å². The average Bonchev–Trinajstić information content (AvgIpc) is 3.34. The summed E-state index contributed by atoms with van der Waals surface area (Å²) < 4.78 is 25.4. The van der Waals surface area contributed by atoms with Gasteiger partial charge in [-0.05, 0) is 60.9 Å². The predicted octanol–water partition coefficient (Wildman–Crippen LogP) is 4.48. The first kappa shape index (κ1) is 24.6. The lowest BCUT2D eigenvalue weighted by Crippen LogP contribution is -2.35. The smallest absolute Gasteiger partial charge is 0.233 e. The Morgan fingerprint density at radius 1 is 1.26 bits per heavy atom. The highest BCUT2D eigenvalue weighted by atomic mass is 19.1. The van der Waals surface area contributed by atoms with Crippen molar-refractivity contribution in [3.8, 4) is 5.75 Å². The molecule has 6 nitrogen and oxygen atoms in total. The number of likely N-dealkylation sites (tertiary alicyclic amines) is 1. The van der Waals surface area contributed by atoms with Crippen molar-refractivity contribution in [2.75, 3.05) is 26.9 Å². The summed E-state index contributed by atoms with van der Waals surface area (Å²) in [6.45, 7) is 5.39. The molecule has 2 saturated heterocycles. The van der Waals surface area contributed by atoms with Crippen LogP contribution in [0.2, 0.25) is 0 Å². The van der Waals surface area contributed by atoms with Gasteiger partial charge in [0.25, 0.3) is 0 Å². The zero-order valence-electron chi connectivity index (χ0n) is 20.2. The molecule has 1 aliphatic carbocycles. The number of fused-ring (bicyclic) bond motifs is 3. The van der Waals surface area contributed by atoms with E-state index in [1.807, 2.05) is 13.0 Å². The molecule has 1 aromatic rings.